The van der Waals surface area contributed by atoms with Gasteiger partial charge in [-0.15, -0.1) is 0 Å². The Labute approximate surface area is 76.8 Å². The number of carbonyl (C=O) groups excluding carboxylic acids is 1. The average molecular weight is 191 g/mol. The number of likely N-dealkylation sites (N-methyl/N-ethyl adjacent to an activating group) is 1. The highest BCUT2D eigenvalue weighted by molar-refractivity contribution is 7.80. The van der Waals surface area contributed by atoms with Crippen LogP contribution in [0, 0.1) is 0 Å². The minimum atomic E-state index is -0.322. The molecule has 0 aromatic rings. The van der Waals surface area contributed by atoms with Gasteiger partial charge in [-0.3, -0.25) is 4.79 Å². The van der Waals surface area contributed by atoms with Crippen LogP contribution in [-0.2, 0) is 9.53 Å². The van der Waals surface area contributed by atoms with Crippen molar-refractivity contribution in [3.8, 4) is 0 Å². The SMILES string of the molecule is CCOC(=O)CN(C)C(=S)NN. The molecule has 0 bridgehead atoms. The zero-order valence-electron chi connectivity index (χ0n) is 7.16. The minimum absolute atomic E-state index is 0.108. The van der Waals surface area contributed by atoms with Gasteiger partial charge >= 0.3 is 5.97 Å². The van der Waals surface area contributed by atoms with Crippen LogP contribution in [0.2, 0.25) is 0 Å². The molecule has 0 fully saturated rings. The van der Waals surface area contributed by atoms with E-state index >= 15 is 0 Å². The van der Waals surface area contributed by atoms with E-state index in [1.54, 1.807) is 14.0 Å². The van der Waals surface area contributed by atoms with Crippen LogP contribution in [0.4, 0.5) is 0 Å². The van der Waals surface area contributed by atoms with Gasteiger partial charge in [0.1, 0.15) is 6.54 Å². The Morgan fingerprint density at radius 1 is 1.75 bits per heavy atom. The molecule has 0 atom stereocenters. The van der Waals surface area contributed by atoms with Crippen molar-refractivity contribution in [2.75, 3.05) is 20.2 Å². The highest BCUT2D eigenvalue weighted by atomic mass is 32.1. The predicted octanol–water partition coefficient (Wildman–Crippen LogP) is -0.770. The summed E-state index contributed by atoms with van der Waals surface area (Å²) < 4.78 is 4.70. The van der Waals surface area contributed by atoms with Crippen LogP contribution in [0.15, 0.2) is 0 Å². The minimum Gasteiger partial charge on any atom is -0.465 e. The number of rotatable bonds is 3. The normalized spacial score (nSPS) is 8.92. The van der Waals surface area contributed by atoms with E-state index in [0.29, 0.717) is 11.7 Å². The lowest BCUT2D eigenvalue weighted by Gasteiger charge is -2.17. The first-order valence-electron chi connectivity index (χ1n) is 3.49. The van der Waals surface area contributed by atoms with Crippen molar-refractivity contribution in [3.63, 3.8) is 0 Å². The molecule has 0 heterocycles. The number of hydrazine groups is 1. The number of nitrogens with two attached hydrogens (primary N) is 1. The van der Waals surface area contributed by atoms with E-state index < -0.39 is 0 Å². The number of hydrogen-bond acceptors (Lipinski definition) is 4. The lowest BCUT2D eigenvalue weighted by Crippen LogP contribution is -2.43. The summed E-state index contributed by atoms with van der Waals surface area (Å²) in [5.74, 6) is 4.72. The third-order valence-electron chi connectivity index (χ3n) is 1.14. The first-order valence-corrected chi connectivity index (χ1v) is 3.90. The molecule has 0 rings (SSSR count). The predicted molar refractivity (Wildman–Crippen MR) is 49.2 cm³/mol. The van der Waals surface area contributed by atoms with E-state index in [1.807, 2.05) is 0 Å². The molecule has 0 saturated carbocycles. The van der Waals surface area contributed by atoms with E-state index in [2.05, 4.69) is 5.43 Å². The number of carbonyl (C=O) groups is 1. The Bertz CT molecular complexity index is 174. The van der Waals surface area contributed by atoms with E-state index in [9.17, 15) is 4.79 Å². The number of hydrogen-bond donors (Lipinski definition) is 2. The molecule has 0 aliphatic heterocycles. The van der Waals surface area contributed by atoms with Gasteiger partial charge in [0.05, 0.1) is 6.61 Å². The Morgan fingerprint density at radius 3 is 2.75 bits per heavy atom. The molecular formula is C6H13N3O2S. The molecular weight excluding hydrogens is 178 g/mol. The van der Waals surface area contributed by atoms with Gasteiger partial charge in [-0.05, 0) is 19.1 Å². The molecule has 12 heavy (non-hydrogen) atoms. The Hall–Kier alpha value is -0.880. The summed E-state index contributed by atoms with van der Waals surface area (Å²) >= 11 is 4.76. The number of ether oxygens (including phenoxy) is 1. The highest BCUT2D eigenvalue weighted by Crippen LogP contribution is 1.86. The molecule has 6 heteroatoms. The monoisotopic (exact) mass is 191 g/mol. The Kier molecular flexibility index (Phi) is 5.31. The van der Waals surface area contributed by atoms with Crippen molar-refractivity contribution in [1.29, 1.82) is 0 Å². The van der Waals surface area contributed by atoms with Crippen molar-refractivity contribution in [2.24, 2.45) is 5.84 Å². The molecule has 0 amide bonds. The van der Waals surface area contributed by atoms with Crippen molar-refractivity contribution >= 4 is 23.3 Å². The maximum absolute atomic E-state index is 10.9. The van der Waals surface area contributed by atoms with E-state index in [1.165, 1.54) is 4.90 Å². The quantitative estimate of drug-likeness (QED) is 0.264. The summed E-state index contributed by atoms with van der Waals surface area (Å²) in [7, 11) is 1.65. The molecule has 0 radical (unpaired) electrons. The molecule has 0 aromatic carbocycles. The number of esters is 1. The fraction of sp³-hybridized carbons (Fsp3) is 0.667. The van der Waals surface area contributed by atoms with Crippen LogP contribution in [0.1, 0.15) is 6.92 Å². The number of nitrogens with zero attached hydrogens (tertiary/aromatic N) is 1. The highest BCUT2D eigenvalue weighted by Gasteiger charge is 2.08. The maximum Gasteiger partial charge on any atom is 0.325 e. The lowest BCUT2D eigenvalue weighted by molar-refractivity contribution is -0.143. The second-order valence-electron chi connectivity index (χ2n) is 2.11. The average Bonchev–Trinajstić information content (AvgIpc) is 2.03. The van der Waals surface area contributed by atoms with Crippen LogP contribution >= 0.6 is 12.2 Å². The van der Waals surface area contributed by atoms with Crippen molar-refractivity contribution in [3.05, 3.63) is 0 Å². The standard InChI is InChI=1S/C6H13N3O2S/c1-3-11-5(10)4-9(2)6(12)8-7/h3-4,7H2,1-2H3,(H,8,12). The third-order valence-corrected chi connectivity index (χ3v) is 1.57. The van der Waals surface area contributed by atoms with Gasteiger partial charge in [-0.1, -0.05) is 0 Å². The van der Waals surface area contributed by atoms with Gasteiger partial charge in [-0.25, -0.2) is 5.84 Å². The van der Waals surface area contributed by atoms with E-state index in [4.69, 9.17) is 22.8 Å². The fourth-order valence-corrected chi connectivity index (χ4v) is 0.647. The molecule has 0 spiro atoms. The van der Waals surface area contributed by atoms with Gasteiger partial charge in [0.2, 0.25) is 0 Å². The zero-order chi connectivity index (χ0) is 9.56. The molecule has 0 aliphatic rings. The van der Waals surface area contributed by atoms with Gasteiger partial charge in [-0.2, -0.15) is 0 Å². The molecule has 0 unspecified atom stereocenters. The summed E-state index contributed by atoms with van der Waals surface area (Å²) in [5.41, 5.74) is 2.26. The van der Waals surface area contributed by atoms with Crippen LogP contribution < -0.4 is 11.3 Å². The molecule has 0 aliphatic carbocycles. The molecule has 5 nitrogen and oxygen atoms in total. The first-order chi connectivity index (χ1) is 5.61. The van der Waals surface area contributed by atoms with Crippen LogP contribution in [0.3, 0.4) is 0 Å². The zero-order valence-corrected chi connectivity index (χ0v) is 7.98. The second-order valence-corrected chi connectivity index (χ2v) is 2.50. The van der Waals surface area contributed by atoms with E-state index in [-0.39, 0.29) is 12.5 Å². The van der Waals surface area contributed by atoms with Crippen LogP contribution in [0.5, 0.6) is 0 Å². The molecule has 0 saturated heterocycles. The van der Waals surface area contributed by atoms with Gasteiger partial charge in [0, 0.05) is 7.05 Å². The Morgan fingerprint density at radius 2 is 2.33 bits per heavy atom. The van der Waals surface area contributed by atoms with Gasteiger partial charge < -0.3 is 15.1 Å². The molecule has 0 aromatic heterocycles. The van der Waals surface area contributed by atoms with E-state index in [0.717, 1.165) is 0 Å². The largest absolute Gasteiger partial charge is 0.465 e. The fourth-order valence-electron chi connectivity index (χ4n) is 0.582. The summed E-state index contributed by atoms with van der Waals surface area (Å²) in [6.45, 7) is 2.23. The summed E-state index contributed by atoms with van der Waals surface area (Å²) in [6, 6.07) is 0. The van der Waals surface area contributed by atoms with Crippen LogP contribution in [-0.4, -0.2) is 36.2 Å². The van der Waals surface area contributed by atoms with Gasteiger partial charge in [0.25, 0.3) is 0 Å². The molecule has 70 valence electrons. The Balaban J connectivity index is 3.75. The number of nitrogens with one attached hydrogen (secondary N) is 1. The summed E-state index contributed by atoms with van der Waals surface area (Å²) in [5, 5.41) is 0.308. The van der Waals surface area contributed by atoms with Gasteiger partial charge in [0.15, 0.2) is 5.11 Å². The lowest BCUT2D eigenvalue weighted by atomic mass is 10.6. The maximum atomic E-state index is 10.9. The van der Waals surface area contributed by atoms with Crippen molar-refractivity contribution < 1.29 is 9.53 Å². The van der Waals surface area contributed by atoms with Crippen molar-refractivity contribution in [2.45, 2.75) is 6.92 Å². The second kappa shape index (κ2) is 5.73. The summed E-state index contributed by atoms with van der Waals surface area (Å²) in [4.78, 5) is 12.4. The third kappa shape index (κ3) is 4.09. The molecule has 3 N–H and O–H groups in total. The first kappa shape index (κ1) is 11.1. The number of thiocarbonyl (C=S) groups is 1. The summed E-state index contributed by atoms with van der Waals surface area (Å²) in [6.07, 6.45) is 0. The smallest absolute Gasteiger partial charge is 0.325 e. The topological polar surface area (TPSA) is 67.6 Å². The van der Waals surface area contributed by atoms with Crippen LogP contribution in [0.25, 0.3) is 0 Å². The van der Waals surface area contributed by atoms with Crippen molar-refractivity contribution in [1.82, 2.24) is 10.3 Å².